The Kier molecular flexibility index (Phi) is 3.24. The molecule has 1 aromatic rings. The molecule has 14 heavy (non-hydrogen) atoms. The number of nitriles is 1. The van der Waals surface area contributed by atoms with Gasteiger partial charge in [-0.25, -0.2) is 4.39 Å². The van der Waals surface area contributed by atoms with E-state index in [9.17, 15) is 4.39 Å². The molecule has 1 unspecified atom stereocenters. The Bertz CT molecular complexity index is 363. The van der Waals surface area contributed by atoms with Crippen LogP contribution in [-0.2, 0) is 0 Å². The van der Waals surface area contributed by atoms with Crippen LogP contribution < -0.4 is 0 Å². The third-order valence-electron chi connectivity index (χ3n) is 2.62. The van der Waals surface area contributed by atoms with Crippen molar-refractivity contribution >= 4 is 0 Å². The standard InChI is InChI=1S/C12H14FN/c1-8(2)9(3)11-5-4-10(7-14)6-12(11)13/h4-6,8-9H,1-3H3. The van der Waals surface area contributed by atoms with Crippen molar-refractivity contribution in [1.29, 1.82) is 5.26 Å². The van der Waals surface area contributed by atoms with Crippen LogP contribution in [0.25, 0.3) is 0 Å². The Morgan fingerprint density at radius 2 is 1.93 bits per heavy atom. The summed E-state index contributed by atoms with van der Waals surface area (Å²) in [5.74, 6) is 0.311. The number of hydrogen-bond donors (Lipinski definition) is 0. The van der Waals surface area contributed by atoms with E-state index in [2.05, 4.69) is 13.8 Å². The number of halogens is 1. The van der Waals surface area contributed by atoms with Gasteiger partial charge in [-0.1, -0.05) is 26.8 Å². The van der Waals surface area contributed by atoms with E-state index in [-0.39, 0.29) is 11.7 Å². The molecule has 0 saturated carbocycles. The lowest BCUT2D eigenvalue weighted by atomic mass is 9.89. The van der Waals surface area contributed by atoms with E-state index >= 15 is 0 Å². The molecule has 0 bridgehead atoms. The first-order chi connectivity index (χ1) is 6.56. The molecule has 0 aliphatic carbocycles. The summed E-state index contributed by atoms with van der Waals surface area (Å²) in [6.07, 6.45) is 0. The number of nitrogens with zero attached hydrogens (tertiary/aromatic N) is 1. The summed E-state index contributed by atoms with van der Waals surface area (Å²) >= 11 is 0. The maximum Gasteiger partial charge on any atom is 0.127 e. The second kappa shape index (κ2) is 4.23. The van der Waals surface area contributed by atoms with Crippen molar-refractivity contribution < 1.29 is 4.39 Å². The summed E-state index contributed by atoms with van der Waals surface area (Å²) in [5, 5.41) is 8.58. The zero-order chi connectivity index (χ0) is 10.7. The predicted molar refractivity (Wildman–Crippen MR) is 54.4 cm³/mol. The molecule has 0 spiro atoms. The predicted octanol–water partition coefficient (Wildman–Crippen LogP) is 3.46. The second-order valence-corrected chi connectivity index (χ2v) is 3.88. The molecule has 0 amide bonds. The van der Waals surface area contributed by atoms with Crippen LogP contribution in [0.2, 0.25) is 0 Å². The summed E-state index contributed by atoms with van der Waals surface area (Å²) in [7, 11) is 0. The first-order valence-corrected chi connectivity index (χ1v) is 4.75. The molecule has 0 radical (unpaired) electrons. The lowest BCUT2D eigenvalue weighted by molar-refractivity contribution is 0.501. The fraction of sp³-hybridized carbons (Fsp3) is 0.417. The van der Waals surface area contributed by atoms with Crippen LogP contribution in [0.4, 0.5) is 4.39 Å². The van der Waals surface area contributed by atoms with Gasteiger partial charge in [-0.15, -0.1) is 0 Å². The summed E-state index contributed by atoms with van der Waals surface area (Å²) in [5.41, 5.74) is 1.07. The molecule has 0 fully saturated rings. The van der Waals surface area contributed by atoms with E-state index in [0.29, 0.717) is 17.0 Å². The Labute approximate surface area is 84.2 Å². The molecule has 1 nitrogen and oxygen atoms in total. The molecule has 0 saturated heterocycles. The van der Waals surface area contributed by atoms with E-state index in [1.165, 1.54) is 6.07 Å². The molecule has 0 heterocycles. The Morgan fingerprint density at radius 1 is 1.29 bits per heavy atom. The van der Waals surface area contributed by atoms with Crippen molar-refractivity contribution in [3.63, 3.8) is 0 Å². The van der Waals surface area contributed by atoms with Crippen molar-refractivity contribution in [2.24, 2.45) is 5.92 Å². The zero-order valence-electron chi connectivity index (χ0n) is 8.71. The lowest BCUT2D eigenvalue weighted by Gasteiger charge is -2.16. The zero-order valence-corrected chi connectivity index (χ0v) is 8.71. The molecule has 1 aromatic carbocycles. The Balaban J connectivity index is 3.07. The van der Waals surface area contributed by atoms with E-state index in [1.807, 2.05) is 13.0 Å². The quantitative estimate of drug-likeness (QED) is 0.702. The van der Waals surface area contributed by atoms with E-state index in [1.54, 1.807) is 12.1 Å². The molecule has 2 heteroatoms. The molecule has 0 N–H and O–H groups in total. The van der Waals surface area contributed by atoms with Gasteiger partial charge in [0.2, 0.25) is 0 Å². The van der Waals surface area contributed by atoms with Gasteiger partial charge in [0.25, 0.3) is 0 Å². The van der Waals surface area contributed by atoms with Crippen LogP contribution in [0.5, 0.6) is 0 Å². The average Bonchev–Trinajstić information content (AvgIpc) is 2.16. The van der Waals surface area contributed by atoms with Gasteiger partial charge in [0.1, 0.15) is 5.82 Å². The van der Waals surface area contributed by atoms with Gasteiger partial charge < -0.3 is 0 Å². The van der Waals surface area contributed by atoms with Gasteiger partial charge in [-0.2, -0.15) is 5.26 Å². The maximum atomic E-state index is 13.5. The van der Waals surface area contributed by atoms with E-state index in [0.717, 1.165) is 0 Å². The lowest BCUT2D eigenvalue weighted by Crippen LogP contribution is -2.04. The van der Waals surface area contributed by atoms with Crippen LogP contribution >= 0.6 is 0 Å². The molecule has 0 aliphatic heterocycles. The number of hydrogen-bond acceptors (Lipinski definition) is 1. The van der Waals surface area contributed by atoms with E-state index < -0.39 is 0 Å². The van der Waals surface area contributed by atoms with Gasteiger partial charge in [0.05, 0.1) is 11.6 Å². The molecule has 1 atom stereocenters. The maximum absolute atomic E-state index is 13.5. The molecule has 1 rings (SSSR count). The highest BCUT2D eigenvalue weighted by Gasteiger charge is 2.14. The van der Waals surface area contributed by atoms with Gasteiger partial charge in [0.15, 0.2) is 0 Å². The Morgan fingerprint density at radius 3 is 2.36 bits per heavy atom. The highest BCUT2D eigenvalue weighted by atomic mass is 19.1. The minimum atomic E-state index is -0.273. The van der Waals surface area contributed by atoms with Crippen molar-refractivity contribution in [3.05, 3.63) is 35.1 Å². The number of rotatable bonds is 2. The fourth-order valence-electron chi connectivity index (χ4n) is 1.33. The molecule has 0 aromatic heterocycles. The minimum Gasteiger partial charge on any atom is -0.207 e. The fourth-order valence-corrected chi connectivity index (χ4v) is 1.33. The normalized spacial score (nSPS) is 12.6. The van der Waals surface area contributed by atoms with Crippen molar-refractivity contribution in [1.82, 2.24) is 0 Å². The summed E-state index contributed by atoms with van der Waals surface area (Å²) < 4.78 is 13.5. The van der Waals surface area contributed by atoms with E-state index in [4.69, 9.17) is 5.26 Å². The molecular formula is C12H14FN. The van der Waals surface area contributed by atoms with Crippen molar-refractivity contribution in [3.8, 4) is 6.07 Å². The van der Waals surface area contributed by atoms with Crippen LogP contribution in [0.1, 0.15) is 37.8 Å². The first-order valence-electron chi connectivity index (χ1n) is 4.75. The van der Waals surface area contributed by atoms with Crippen LogP contribution in [0.3, 0.4) is 0 Å². The van der Waals surface area contributed by atoms with Crippen LogP contribution in [0, 0.1) is 23.1 Å². The molecular weight excluding hydrogens is 177 g/mol. The average molecular weight is 191 g/mol. The highest BCUT2D eigenvalue weighted by molar-refractivity contribution is 5.34. The topological polar surface area (TPSA) is 23.8 Å². The Hall–Kier alpha value is -1.36. The summed E-state index contributed by atoms with van der Waals surface area (Å²) in [4.78, 5) is 0. The summed E-state index contributed by atoms with van der Waals surface area (Å²) in [6, 6.07) is 6.59. The monoisotopic (exact) mass is 191 g/mol. The van der Waals surface area contributed by atoms with Gasteiger partial charge >= 0.3 is 0 Å². The van der Waals surface area contributed by atoms with Crippen molar-refractivity contribution in [2.75, 3.05) is 0 Å². The smallest absolute Gasteiger partial charge is 0.127 e. The third kappa shape index (κ3) is 2.11. The third-order valence-corrected chi connectivity index (χ3v) is 2.62. The second-order valence-electron chi connectivity index (χ2n) is 3.88. The van der Waals surface area contributed by atoms with Crippen molar-refractivity contribution in [2.45, 2.75) is 26.7 Å². The molecule has 74 valence electrons. The largest absolute Gasteiger partial charge is 0.207 e. The molecule has 0 aliphatic rings. The first kappa shape index (κ1) is 10.7. The minimum absolute atomic E-state index is 0.183. The number of benzene rings is 1. The van der Waals surface area contributed by atoms with Crippen LogP contribution in [0.15, 0.2) is 18.2 Å². The van der Waals surface area contributed by atoms with Gasteiger partial charge in [-0.3, -0.25) is 0 Å². The van der Waals surface area contributed by atoms with Gasteiger partial charge in [0, 0.05) is 0 Å². The van der Waals surface area contributed by atoms with Gasteiger partial charge in [-0.05, 0) is 29.5 Å². The highest BCUT2D eigenvalue weighted by Crippen LogP contribution is 2.26. The van der Waals surface area contributed by atoms with Crippen LogP contribution in [-0.4, -0.2) is 0 Å². The summed E-state index contributed by atoms with van der Waals surface area (Å²) in [6.45, 7) is 6.11. The SMILES string of the molecule is CC(C)C(C)c1ccc(C#N)cc1F.